The van der Waals surface area contributed by atoms with Gasteiger partial charge in [-0.05, 0) is 59.1 Å². The van der Waals surface area contributed by atoms with Crippen LogP contribution in [0.4, 0.5) is 13.2 Å². The molecule has 148 valence electrons. The number of nitrogens with two attached hydrogens (primary N) is 1. The van der Waals surface area contributed by atoms with Crippen LogP contribution in [0, 0.1) is 0 Å². The van der Waals surface area contributed by atoms with Gasteiger partial charge in [-0.3, -0.25) is 0 Å². The van der Waals surface area contributed by atoms with Crippen LogP contribution in [0.25, 0.3) is 10.8 Å². The fourth-order valence-corrected chi connectivity index (χ4v) is 3.29. The number of alkyl halides is 3. The summed E-state index contributed by atoms with van der Waals surface area (Å²) < 4.78 is 47.4. The Morgan fingerprint density at radius 2 is 1.75 bits per heavy atom. The molecule has 0 fully saturated rings. The molecular formula is C22H22F3NO2. The van der Waals surface area contributed by atoms with E-state index in [1.165, 1.54) is 6.07 Å². The number of hydrogen-bond acceptors (Lipinski definition) is 3. The van der Waals surface area contributed by atoms with Crippen molar-refractivity contribution in [2.75, 3.05) is 20.3 Å². The maximum atomic E-state index is 12.4. The first-order chi connectivity index (χ1) is 13.4. The highest BCUT2D eigenvalue weighted by Gasteiger charge is 2.28. The lowest BCUT2D eigenvalue weighted by atomic mass is 9.88. The van der Waals surface area contributed by atoms with Gasteiger partial charge in [0.15, 0.2) is 6.61 Å². The second-order valence-electron chi connectivity index (χ2n) is 6.62. The minimum atomic E-state index is -4.36. The fourth-order valence-electron chi connectivity index (χ4n) is 3.29. The molecule has 0 radical (unpaired) electrons. The molecule has 1 atom stereocenters. The molecule has 6 heteroatoms. The van der Waals surface area contributed by atoms with Crippen LogP contribution in [-0.4, -0.2) is 26.4 Å². The normalized spacial score (nSPS) is 12.8. The van der Waals surface area contributed by atoms with E-state index in [-0.39, 0.29) is 11.7 Å². The van der Waals surface area contributed by atoms with Crippen molar-refractivity contribution < 1.29 is 22.6 Å². The predicted octanol–water partition coefficient (Wildman–Crippen LogP) is 5.07. The number of fused-ring (bicyclic) bond motifs is 1. The van der Waals surface area contributed by atoms with E-state index in [2.05, 4.69) is 0 Å². The van der Waals surface area contributed by atoms with Gasteiger partial charge in [0.2, 0.25) is 0 Å². The van der Waals surface area contributed by atoms with Crippen LogP contribution in [0.5, 0.6) is 11.5 Å². The fraction of sp³-hybridized carbons (Fsp3) is 0.273. The van der Waals surface area contributed by atoms with E-state index in [1.807, 2.05) is 42.5 Å². The highest BCUT2D eigenvalue weighted by atomic mass is 19.4. The Morgan fingerprint density at radius 3 is 2.46 bits per heavy atom. The van der Waals surface area contributed by atoms with Gasteiger partial charge in [0, 0.05) is 5.92 Å². The number of rotatable bonds is 7. The van der Waals surface area contributed by atoms with E-state index < -0.39 is 12.8 Å². The molecule has 2 N–H and O–H groups in total. The van der Waals surface area contributed by atoms with E-state index >= 15 is 0 Å². The standard InChI is InChI=1S/C22H22F3NO2/c1-27-18-9-8-16-5-3-7-20(21(16)12-18)17(13-26)10-15-4-2-6-19(11-15)28-14-22(23,24)25/h2-9,11-12,17H,10,13-14,26H2,1H3. The summed E-state index contributed by atoms with van der Waals surface area (Å²) >= 11 is 0. The molecule has 0 bridgehead atoms. The smallest absolute Gasteiger partial charge is 0.422 e. The van der Waals surface area contributed by atoms with Crippen LogP contribution in [-0.2, 0) is 6.42 Å². The number of hydrogen-bond donors (Lipinski definition) is 1. The molecule has 0 saturated heterocycles. The van der Waals surface area contributed by atoms with Crippen molar-refractivity contribution >= 4 is 10.8 Å². The summed E-state index contributed by atoms with van der Waals surface area (Å²) in [6.45, 7) is -0.899. The third-order valence-electron chi connectivity index (χ3n) is 4.63. The molecule has 3 aromatic carbocycles. The Bertz CT molecular complexity index is 940. The summed E-state index contributed by atoms with van der Waals surface area (Å²) in [6.07, 6.45) is -3.77. The Balaban J connectivity index is 1.86. The van der Waals surface area contributed by atoms with Gasteiger partial charge < -0.3 is 15.2 Å². The van der Waals surface area contributed by atoms with Gasteiger partial charge in [-0.25, -0.2) is 0 Å². The zero-order chi connectivity index (χ0) is 20.1. The number of benzene rings is 3. The van der Waals surface area contributed by atoms with Gasteiger partial charge in [-0.15, -0.1) is 0 Å². The Hall–Kier alpha value is -2.73. The lowest BCUT2D eigenvalue weighted by Gasteiger charge is -2.19. The van der Waals surface area contributed by atoms with E-state index in [9.17, 15) is 13.2 Å². The lowest BCUT2D eigenvalue weighted by molar-refractivity contribution is -0.153. The van der Waals surface area contributed by atoms with E-state index in [4.69, 9.17) is 15.2 Å². The quantitative estimate of drug-likeness (QED) is 0.613. The third kappa shape index (κ3) is 4.95. The van der Waals surface area contributed by atoms with E-state index in [0.717, 1.165) is 27.6 Å². The Kier molecular flexibility index (Phi) is 6.09. The monoisotopic (exact) mass is 389 g/mol. The van der Waals surface area contributed by atoms with Crippen molar-refractivity contribution in [2.24, 2.45) is 5.73 Å². The molecule has 3 nitrogen and oxygen atoms in total. The molecule has 0 heterocycles. The van der Waals surface area contributed by atoms with Crippen LogP contribution in [0.1, 0.15) is 17.0 Å². The average molecular weight is 389 g/mol. The van der Waals surface area contributed by atoms with Crippen molar-refractivity contribution in [2.45, 2.75) is 18.5 Å². The van der Waals surface area contributed by atoms with Gasteiger partial charge in [0.25, 0.3) is 0 Å². The Morgan fingerprint density at radius 1 is 0.964 bits per heavy atom. The number of halogens is 3. The third-order valence-corrected chi connectivity index (χ3v) is 4.63. The van der Waals surface area contributed by atoms with Gasteiger partial charge in [0.05, 0.1) is 7.11 Å². The SMILES string of the molecule is COc1ccc2cccc(C(CN)Cc3cccc(OCC(F)(F)F)c3)c2c1. The van der Waals surface area contributed by atoms with Crippen LogP contribution in [0.2, 0.25) is 0 Å². The first-order valence-electron chi connectivity index (χ1n) is 8.95. The number of ether oxygens (including phenoxy) is 2. The van der Waals surface area contributed by atoms with Crippen molar-refractivity contribution in [3.8, 4) is 11.5 Å². The van der Waals surface area contributed by atoms with Gasteiger partial charge in [-0.1, -0.05) is 36.4 Å². The highest BCUT2D eigenvalue weighted by Crippen LogP contribution is 2.31. The maximum Gasteiger partial charge on any atom is 0.422 e. The average Bonchev–Trinajstić information content (AvgIpc) is 2.69. The Labute approximate surface area is 161 Å². The molecule has 0 aliphatic rings. The number of methoxy groups -OCH3 is 1. The van der Waals surface area contributed by atoms with Crippen LogP contribution in [0.15, 0.2) is 60.7 Å². The zero-order valence-electron chi connectivity index (χ0n) is 15.5. The maximum absolute atomic E-state index is 12.4. The van der Waals surface area contributed by atoms with E-state index in [0.29, 0.717) is 13.0 Å². The molecule has 0 aliphatic carbocycles. The second kappa shape index (κ2) is 8.52. The van der Waals surface area contributed by atoms with Crippen molar-refractivity contribution in [1.82, 2.24) is 0 Å². The molecule has 0 spiro atoms. The van der Waals surface area contributed by atoms with Crippen LogP contribution >= 0.6 is 0 Å². The summed E-state index contributed by atoms with van der Waals surface area (Å²) in [6, 6.07) is 18.7. The van der Waals surface area contributed by atoms with Gasteiger partial charge >= 0.3 is 6.18 Å². The summed E-state index contributed by atoms with van der Waals surface area (Å²) in [5, 5.41) is 2.14. The topological polar surface area (TPSA) is 44.5 Å². The molecule has 3 aromatic rings. The minimum absolute atomic E-state index is 0.00803. The molecular weight excluding hydrogens is 367 g/mol. The summed E-state index contributed by atoms with van der Waals surface area (Å²) in [4.78, 5) is 0. The van der Waals surface area contributed by atoms with Gasteiger partial charge in [-0.2, -0.15) is 13.2 Å². The largest absolute Gasteiger partial charge is 0.497 e. The molecule has 0 aliphatic heterocycles. The molecule has 3 rings (SSSR count). The van der Waals surface area contributed by atoms with Gasteiger partial charge in [0.1, 0.15) is 11.5 Å². The summed E-state index contributed by atoms with van der Waals surface area (Å²) in [7, 11) is 1.62. The molecule has 1 unspecified atom stereocenters. The van der Waals surface area contributed by atoms with Crippen LogP contribution in [0.3, 0.4) is 0 Å². The molecule has 0 saturated carbocycles. The first-order valence-corrected chi connectivity index (χ1v) is 8.95. The lowest BCUT2D eigenvalue weighted by Crippen LogP contribution is -2.19. The van der Waals surface area contributed by atoms with Crippen LogP contribution < -0.4 is 15.2 Å². The van der Waals surface area contributed by atoms with Crippen molar-refractivity contribution in [3.05, 3.63) is 71.8 Å². The summed E-state index contributed by atoms with van der Waals surface area (Å²) in [5.41, 5.74) is 8.01. The summed E-state index contributed by atoms with van der Waals surface area (Å²) in [5.74, 6) is 0.970. The molecule has 0 amide bonds. The van der Waals surface area contributed by atoms with E-state index in [1.54, 1.807) is 19.2 Å². The predicted molar refractivity (Wildman–Crippen MR) is 104 cm³/mol. The highest BCUT2D eigenvalue weighted by molar-refractivity contribution is 5.87. The zero-order valence-corrected chi connectivity index (χ0v) is 15.5. The van der Waals surface area contributed by atoms with Crippen molar-refractivity contribution in [3.63, 3.8) is 0 Å². The second-order valence-corrected chi connectivity index (χ2v) is 6.62. The van der Waals surface area contributed by atoms with Crippen molar-refractivity contribution in [1.29, 1.82) is 0 Å². The first kappa shape index (κ1) is 20.0. The molecule has 28 heavy (non-hydrogen) atoms. The molecule has 0 aromatic heterocycles. The minimum Gasteiger partial charge on any atom is -0.497 e.